The monoisotopic (exact) mass is 668 g/mol. The summed E-state index contributed by atoms with van der Waals surface area (Å²) in [7, 11) is 0. The second-order valence-corrected chi connectivity index (χ2v) is 12.9. The van der Waals surface area contributed by atoms with Gasteiger partial charge < -0.3 is 14.2 Å². The molecule has 0 saturated carbocycles. The summed E-state index contributed by atoms with van der Waals surface area (Å²) < 4.78 is 8.68. The maximum absolute atomic E-state index is 6.31. The Morgan fingerprint density at radius 1 is 0.404 bits per heavy atom. The highest BCUT2D eigenvalue weighted by Crippen LogP contribution is 2.51. The first-order chi connectivity index (χ1) is 25.8. The molecule has 0 bridgehead atoms. The van der Waals surface area contributed by atoms with E-state index in [-0.39, 0.29) is 0 Å². The van der Waals surface area contributed by atoms with E-state index in [0.29, 0.717) is 17.6 Å². The lowest BCUT2D eigenvalue weighted by Crippen LogP contribution is -2.21. The molecule has 0 amide bonds. The second-order valence-electron chi connectivity index (χ2n) is 12.9. The lowest BCUT2D eigenvalue weighted by atomic mass is 10.1. The number of nitrogens with zero attached hydrogens (tertiary/aromatic N) is 6. The first-order valence-corrected chi connectivity index (χ1v) is 17.3. The van der Waals surface area contributed by atoms with Crippen LogP contribution in [-0.2, 0) is 0 Å². The summed E-state index contributed by atoms with van der Waals surface area (Å²) in [6.45, 7) is 0. The van der Waals surface area contributed by atoms with Gasteiger partial charge in [-0.2, -0.15) is 9.97 Å². The quantitative estimate of drug-likeness (QED) is 0.186. The molecular formula is C45H28N6O. The van der Waals surface area contributed by atoms with E-state index in [1.807, 2.05) is 66.7 Å². The molecule has 52 heavy (non-hydrogen) atoms. The van der Waals surface area contributed by atoms with Crippen molar-refractivity contribution in [3.8, 4) is 40.0 Å². The molecule has 0 unspecified atom stereocenters. The molecule has 0 aliphatic carbocycles. The number of benzene rings is 7. The van der Waals surface area contributed by atoms with Crippen LogP contribution in [0.4, 0.5) is 34.4 Å². The van der Waals surface area contributed by atoms with Crippen molar-refractivity contribution < 1.29 is 4.74 Å². The van der Waals surface area contributed by atoms with Gasteiger partial charge in [-0.15, -0.1) is 0 Å². The van der Waals surface area contributed by atoms with Crippen molar-refractivity contribution in [3.05, 3.63) is 170 Å². The topological polar surface area (TPSA) is 59.3 Å². The molecule has 9 aromatic rings. The molecule has 0 fully saturated rings. The van der Waals surface area contributed by atoms with Crippen LogP contribution in [0.5, 0.6) is 11.5 Å². The van der Waals surface area contributed by atoms with Gasteiger partial charge in [0.15, 0.2) is 23.1 Å². The SMILES string of the molecule is c1ccc(-c2nc(-c3cccc(N4c5ccccc5Oc5ccccc54)c3)nc(N3c4ccccc4-n4c5ccccc5c5cccc3c54)n2)cc1. The Labute approximate surface area is 299 Å². The number of hydrogen-bond donors (Lipinski definition) is 0. The van der Waals surface area contributed by atoms with E-state index in [9.17, 15) is 0 Å². The fourth-order valence-electron chi connectivity index (χ4n) is 7.70. The molecule has 7 heteroatoms. The Kier molecular flexibility index (Phi) is 6.12. The van der Waals surface area contributed by atoms with Gasteiger partial charge in [-0.1, -0.05) is 109 Å². The van der Waals surface area contributed by atoms with Gasteiger partial charge in [-0.25, -0.2) is 4.98 Å². The molecule has 2 aliphatic rings. The number of ether oxygens (including phenoxy) is 1. The molecule has 0 saturated heterocycles. The van der Waals surface area contributed by atoms with E-state index in [1.165, 1.54) is 16.3 Å². The van der Waals surface area contributed by atoms with Crippen LogP contribution in [0.1, 0.15) is 0 Å². The number of para-hydroxylation sites is 8. The number of anilines is 6. The molecule has 2 aromatic heterocycles. The smallest absolute Gasteiger partial charge is 0.238 e. The van der Waals surface area contributed by atoms with Crippen LogP contribution < -0.4 is 14.5 Å². The largest absolute Gasteiger partial charge is 0.453 e. The number of rotatable bonds is 4. The van der Waals surface area contributed by atoms with E-state index in [0.717, 1.165) is 62.3 Å². The van der Waals surface area contributed by atoms with E-state index in [2.05, 4.69) is 117 Å². The molecule has 11 rings (SSSR count). The van der Waals surface area contributed by atoms with Gasteiger partial charge in [0.25, 0.3) is 0 Å². The average Bonchev–Trinajstić information content (AvgIpc) is 3.56. The normalized spacial score (nSPS) is 12.7. The van der Waals surface area contributed by atoms with Crippen molar-refractivity contribution in [2.24, 2.45) is 0 Å². The molecule has 7 nitrogen and oxygen atoms in total. The summed E-state index contributed by atoms with van der Waals surface area (Å²) in [5.41, 5.74) is 10.1. The third-order valence-electron chi connectivity index (χ3n) is 9.93. The van der Waals surface area contributed by atoms with Crippen molar-refractivity contribution >= 4 is 56.2 Å². The minimum absolute atomic E-state index is 0.549. The molecular weight excluding hydrogens is 641 g/mol. The Morgan fingerprint density at radius 2 is 0.981 bits per heavy atom. The molecule has 2 aliphatic heterocycles. The van der Waals surface area contributed by atoms with Crippen LogP contribution in [0.3, 0.4) is 0 Å². The summed E-state index contributed by atoms with van der Waals surface area (Å²) in [5, 5.41) is 2.39. The first-order valence-electron chi connectivity index (χ1n) is 17.3. The molecule has 0 radical (unpaired) electrons. The van der Waals surface area contributed by atoms with E-state index in [4.69, 9.17) is 19.7 Å². The highest BCUT2D eigenvalue weighted by molar-refractivity contribution is 6.16. The minimum Gasteiger partial charge on any atom is -0.453 e. The number of fused-ring (bicyclic) bond motifs is 7. The van der Waals surface area contributed by atoms with Crippen LogP contribution in [0, 0.1) is 0 Å². The predicted octanol–water partition coefficient (Wildman–Crippen LogP) is 11.7. The third-order valence-corrected chi connectivity index (χ3v) is 9.93. The Morgan fingerprint density at radius 3 is 1.77 bits per heavy atom. The average molecular weight is 669 g/mol. The van der Waals surface area contributed by atoms with Gasteiger partial charge in [-0.3, -0.25) is 4.90 Å². The van der Waals surface area contributed by atoms with Gasteiger partial charge in [0.1, 0.15) is 0 Å². The Balaban J connectivity index is 1.14. The fourth-order valence-corrected chi connectivity index (χ4v) is 7.70. The van der Waals surface area contributed by atoms with Crippen molar-refractivity contribution in [2.75, 3.05) is 9.80 Å². The van der Waals surface area contributed by atoms with Gasteiger partial charge in [-0.05, 0) is 60.7 Å². The van der Waals surface area contributed by atoms with E-state index in [1.54, 1.807) is 0 Å². The highest BCUT2D eigenvalue weighted by Gasteiger charge is 2.31. The maximum atomic E-state index is 6.31. The number of aromatic nitrogens is 4. The van der Waals surface area contributed by atoms with Crippen molar-refractivity contribution in [2.45, 2.75) is 0 Å². The van der Waals surface area contributed by atoms with Crippen LogP contribution in [-0.4, -0.2) is 19.5 Å². The predicted molar refractivity (Wildman–Crippen MR) is 208 cm³/mol. The van der Waals surface area contributed by atoms with Crippen LogP contribution in [0.15, 0.2) is 170 Å². The van der Waals surface area contributed by atoms with Crippen LogP contribution in [0.2, 0.25) is 0 Å². The molecule has 0 atom stereocenters. The third kappa shape index (κ3) is 4.23. The zero-order valence-corrected chi connectivity index (χ0v) is 27.8. The molecule has 244 valence electrons. The maximum Gasteiger partial charge on any atom is 0.238 e. The summed E-state index contributed by atoms with van der Waals surface area (Å²) in [6, 6.07) is 58.3. The van der Waals surface area contributed by atoms with Crippen molar-refractivity contribution in [3.63, 3.8) is 0 Å². The lowest BCUT2D eigenvalue weighted by molar-refractivity contribution is 0.477. The standard InChI is InChI=1S/C45H28N6O/c1-2-14-29(15-3-1)43-46-44(30-16-12-17-31(28-30)49-37-23-8-10-26-40(37)52-41-27-11-9-24-38(41)49)48-45(47-43)51-36-22-7-6-21-35(36)50-34-20-5-4-18-32(34)33-19-13-25-39(51)42(33)50/h1-28H. The Hall–Kier alpha value is -7.25. The molecule has 7 aromatic carbocycles. The summed E-state index contributed by atoms with van der Waals surface area (Å²) in [6.07, 6.45) is 0. The van der Waals surface area contributed by atoms with Gasteiger partial charge in [0.2, 0.25) is 5.95 Å². The first kappa shape index (κ1) is 28.6. The van der Waals surface area contributed by atoms with Crippen molar-refractivity contribution in [1.29, 1.82) is 0 Å². The molecule has 0 N–H and O–H groups in total. The summed E-state index contributed by atoms with van der Waals surface area (Å²) in [5.74, 6) is 3.33. The zero-order valence-electron chi connectivity index (χ0n) is 27.8. The van der Waals surface area contributed by atoms with Crippen LogP contribution in [0.25, 0.3) is 50.3 Å². The van der Waals surface area contributed by atoms with Crippen molar-refractivity contribution in [1.82, 2.24) is 19.5 Å². The number of hydrogen-bond acceptors (Lipinski definition) is 6. The van der Waals surface area contributed by atoms with Crippen LogP contribution >= 0.6 is 0 Å². The molecule has 0 spiro atoms. The summed E-state index contributed by atoms with van der Waals surface area (Å²) >= 11 is 0. The fraction of sp³-hybridized carbons (Fsp3) is 0. The van der Waals surface area contributed by atoms with E-state index >= 15 is 0 Å². The van der Waals surface area contributed by atoms with Gasteiger partial charge in [0.05, 0.1) is 39.5 Å². The van der Waals surface area contributed by atoms with Gasteiger partial charge >= 0.3 is 0 Å². The van der Waals surface area contributed by atoms with E-state index < -0.39 is 0 Å². The highest BCUT2D eigenvalue weighted by atomic mass is 16.5. The minimum atomic E-state index is 0.549. The summed E-state index contributed by atoms with van der Waals surface area (Å²) in [4.78, 5) is 20.0. The second kappa shape index (κ2) is 11.1. The molecule has 4 heterocycles. The zero-order chi connectivity index (χ0) is 34.2. The Bertz CT molecular complexity index is 2820. The van der Waals surface area contributed by atoms with Gasteiger partial charge in [0, 0.05) is 27.6 Å². The lowest BCUT2D eigenvalue weighted by Gasteiger charge is -2.33.